The van der Waals surface area contributed by atoms with Gasteiger partial charge in [0.05, 0.1) is 12.2 Å². The van der Waals surface area contributed by atoms with Crippen LogP contribution >= 0.6 is 0 Å². The summed E-state index contributed by atoms with van der Waals surface area (Å²) in [4.78, 5) is 10.3. The molecule has 0 aromatic carbocycles. The van der Waals surface area contributed by atoms with Crippen molar-refractivity contribution < 1.29 is 22.9 Å². The van der Waals surface area contributed by atoms with Gasteiger partial charge in [-0.25, -0.2) is 0 Å². The fourth-order valence-electron chi connectivity index (χ4n) is 1.30. The number of hydrogen-bond acceptors (Lipinski definition) is 4. The van der Waals surface area contributed by atoms with Crippen molar-refractivity contribution in [3.63, 3.8) is 0 Å². The van der Waals surface area contributed by atoms with Gasteiger partial charge in [-0.05, 0) is 12.8 Å². The second kappa shape index (κ2) is 5.28. The van der Waals surface area contributed by atoms with Crippen LogP contribution in [0.2, 0.25) is 0 Å². The summed E-state index contributed by atoms with van der Waals surface area (Å²) in [6, 6.07) is -0.0949. The maximum Gasteiger partial charge on any atom is 0.308 e. The van der Waals surface area contributed by atoms with Crippen molar-refractivity contribution in [3.05, 3.63) is 0 Å². The molecule has 0 saturated heterocycles. The molecule has 1 saturated carbocycles. The SMILES string of the molecule is CS(=O)(=O)O.NC1CCCC1C(=O)O. The van der Waals surface area contributed by atoms with Crippen LogP contribution in [0.3, 0.4) is 0 Å². The van der Waals surface area contributed by atoms with Crippen LogP contribution in [0.1, 0.15) is 19.3 Å². The second-order valence-corrected chi connectivity index (χ2v) is 4.74. The van der Waals surface area contributed by atoms with Gasteiger partial charge in [0.1, 0.15) is 0 Å². The van der Waals surface area contributed by atoms with Crippen molar-refractivity contribution in [3.8, 4) is 0 Å². The van der Waals surface area contributed by atoms with E-state index in [1.807, 2.05) is 0 Å². The minimum atomic E-state index is -3.67. The van der Waals surface area contributed by atoms with Crippen LogP contribution in [0.5, 0.6) is 0 Å². The molecule has 0 aliphatic heterocycles. The Labute approximate surface area is 82.9 Å². The van der Waals surface area contributed by atoms with Gasteiger partial charge in [-0.2, -0.15) is 8.42 Å². The van der Waals surface area contributed by atoms with Gasteiger partial charge in [-0.15, -0.1) is 0 Å². The summed E-state index contributed by atoms with van der Waals surface area (Å²) < 4.78 is 25.9. The highest BCUT2D eigenvalue weighted by molar-refractivity contribution is 7.85. The predicted octanol–water partition coefficient (Wildman–Crippen LogP) is -0.298. The summed E-state index contributed by atoms with van der Waals surface area (Å²) in [6.07, 6.45) is 3.32. The molecule has 0 spiro atoms. The second-order valence-electron chi connectivity index (χ2n) is 3.27. The van der Waals surface area contributed by atoms with Crippen molar-refractivity contribution in [2.24, 2.45) is 11.7 Å². The van der Waals surface area contributed by atoms with Crippen LogP contribution in [0.4, 0.5) is 0 Å². The van der Waals surface area contributed by atoms with E-state index < -0.39 is 16.1 Å². The zero-order chi connectivity index (χ0) is 11.4. The molecule has 0 amide bonds. The van der Waals surface area contributed by atoms with E-state index in [1.54, 1.807) is 0 Å². The Hall–Kier alpha value is -0.660. The van der Waals surface area contributed by atoms with Crippen molar-refractivity contribution in [1.82, 2.24) is 0 Å². The summed E-state index contributed by atoms with van der Waals surface area (Å²) in [7, 11) is -3.67. The van der Waals surface area contributed by atoms with Crippen LogP contribution in [-0.4, -0.2) is 36.3 Å². The third kappa shape index (κ3) is 6.81. The third-order valence-electron chi connectivity index (χ3n) is 1.89. The average molecular weight is 225 g/mol. The minimum Gasteiger partial charge on any atom is -0.481 e. The van der Waals surface area contributed by atoms with Gasteiger partial charge in [0.25, 0.3) is 10.1 Å². The van der Waals surface area contributed by atoms with Gasteiger partial charge < -0.3 is 10.8 Å². The summed E-state index contributed by atoms with van der Waals surface area (Å²) in [5, 5.41) is 8.50. The Bertz CT molecular complexity index is 278. The van der Waals surface area contributed by atoms with Crippen LogP contribution < -0.4 is 5.73 Å². The Morgan fingerprint density at radius 3 is 2.00 bits per heavy atom. The molecule has 1 rings (SSSR count). The number of aliphatic carboxylic acids is 1. The van der Waals surface area contributed by atoms with E-state index in [9.17, 15) is 13.2 Å². The largest absolute Gasteiger partial charge is 0.481 e. The lowest BCUT2D eigenvalue weighted by molar-refractivity contribution is -0.141. The third-order valence-corrected chi connectivity index (χ3v) is 1.89. The quantitative estimate of drug-likeness (QED) is 0.527. The lowest BCUT2D eigenvalue weighted by atomic mass is 10.1. The Morgan fingerprint density at radius 2 is 1.86 bits per heavy atom. The first kappa shape index (κ1) is 13.3. The van der Waals surface area contributed by atoms with Crippen molar-refractivity contribution in [2.75, 3.05) is 6.26 Å². The molecule has 14 heavy (non-hydrogen) atoms. The van der Waals surface area contributed by atoms with E-state index in [2.05, 4.69) is 0 Å². The smallest absolute Gasteiger partial charge is 0.308 e. The molecule has 6 nitrogen and oxygen atoms in total. The summed E-state index contributed by atoms with van der Waals surface area (Å²) in [6.45, 7) is 0. The summed E-state index contributed by atoms with van der Waals surface area (Å²) in [5.41, 5.74) is 5.50. The molecule has 7 heteroatoms. The highest BCUT2D eigenvalue weighted by atomic mass is 32.2. The average Bonchev–Trinajstić information content (AvgIpc) is 2.30. The molecule has 1 aliphatic carbocycles. The first-order chi connectivity index (χ1) is 6.22. The van der Waals surface area contributed by atoms with Gasteiger partial charge in [0, 0.05) is 6.04 Å². The van der Waals surface area contributed by atoms with Gasteiger partial charge in [0.15, 0.2) is 0 Å². The highest BCUT2D eigenvalue weighted by Crippen LogP contribution is 2.23. The zero-order valence-electron chi connectivity index (χ0n) is 7.88. The number of rotatable bonds is 1. The van der Waals surface area contributed by atoms with E-state index >= 15 is 0 Å². The summed E-state index contributed by atoms with van der Waals surface area (Å²) in [5.74, 6) is -1.01. The molecule has 2 atom stereocenters. The molecule has 0 aromatic heterocycles. The van der Waals surface area contributed by atoms with E-state index in [0.717, 1.165) is 19.3 Å². The molecule has 0 bridgehead atoms. The molecule has 2 unspecified atom stereocenters. The Kier molecular flexibility index (Phi) is 5.03. The summed E-state index contributed by atoms with van der Waals surface area (Å²) >= 11 is 0. The minimum absolute atomic E-state index is 0.0949. The number of carboxylic acids is 1. The first-order valence-corrected chi connectivity index (χ1v) is 5.97. The monoisotopic (exact) mass is 225 g/mol. The standard InChI is InChI=1S/C6H11NO2.CH4O3S/c7-5-3-1-2-4(5)6(8)9;1-5(2,3)4/h4-5H,1-3,7H2,(H,8,9);1H3,(H,2,3,4). The molecule has 4 N–H and O–H groups in total. The molecule has 1 aliphatic rings. The van der Waals surface area contributed by atoms with E-state index in [1.165, 1.54) is 0 Å². The van der Waals surface area contributed by atoms with Crippen molar-refractivity contribution in [1.29, 1.82) is 0 Å². The number of hydrogen-bond donors (Lipinski definition) is 3. The fourth-order valence-corrected chi connectivity index (χ4v) is 1.30. The van der Waals surface area contributed by atoms with Crippen molar-refractivity contribution in [2.45, 2.75) is 25.3 Å². The van der Waals surface area contributed by atoms with Crippen LogP contribution in [0, 0.1) is 5.92 Å². The predicted molar refractivity (Wildman–Crippen MR) is 50.4 cm³/mol. The van der Waals surface area contributed by atoms with Crippen LogP contribution in [-0.2, 0) is 14.9 Å². The van der Waals surface area contributed by atoms with Gasteiger partial charge in [-0.3, -0.25) is 9.35 Å². The highest BCUT2D eigenvalue weighted by Gasteiger charge is 2.29. The molecule has 84 valence electrons. The van der Waals surface area contributed by atoms with Crippen LogP contribution in [0.15, 0.2) is 0 Å². The van der Waals surface area contributed by atoms with E-state index in [0.29, 0.717) is 6.26 Å². The molecular formula is C7H15NO5S. The van der Waals surface area contributed by atoms with Crippen molar-refractivity contribution >= 4 is 16.1 Å². The maximum atomic E-state index is 10.3. The van der Waals surface area contributed by atoms with Gasteiger partial charge in [0.2, 0.25) is 0 Å². The lowest BCUT2D eigenvalue weighted by Gasteiger charge is -2.07. The Balaban J connectivity index is 0.000000292. The van der Waals surface area contributed by atoms with Gasteiger partial charge in [-0.1, -0.05) is 6.42 Å². The first-order valence-electron chi connectivity index (χ1n) is 4.12. The molecule has 0 radical (unpaired) electrons. The number of carboxylic acid groups (broad SMARTS) is 1. The van der Waals surface area contributed by atoms with Gasteiger partial charge >= 0.3 is 5.97 Å². The van der Waals surface area contributed by atoms with Crippen LogP contribution in [0.25, 0.3) is 0 Å². The normalized spacial score (nSPS) is 26.5. The molecule has 0 heterocycles. The molecule has 0 aromatic rings. The Morgan fingerprint density at radius 1 is 1.43 bits per heavy atom. The van der Waals surface area contributed by atoms with E-state index in [4.69, 9.17) is 15.4 Å². The molecule has 1 fully saturated rings. The fraction of sp³-hybridized carbons (Fsp3) is 0.857. The lowest BCUT2D eigenvalue weighted by Crippen LogP contribution is -2.30. The maximum absolute atomic E-state index is 10.3. The topological polar surface area (TPSA) is 118 Å². The number of carbonyl (C=O) groups is 1. The number of nitrogens with two attached hydrogens (primary N) is 1. The zero-order valence-corrected chi connectivity index (χ0v) is 8.70. The van der Waals surface area contributed by atoms with E-state index in [-0.39, 0.29) is 12.0 Å². The molecular weight excluding hydrogens is 210 g/mol.